The van der Waals surface area contributed by atoms with E-state index in [0.717, 1.165) is 30.3 Å². The molecule has 1 heterocycles. The van der Waals surface area contributed by atoms with Crippen molar-refractivity contribution in [2.75, 3.05) is 11.3 Å². The zero-order valence-corrected chi connectivity index (χ0v) is 18.0. The Morgan fingerprint density at radius 2 is 1.47 bits per heavy atom. The van der Waals surface area contributed by atoms with E-state index in [1.807, 2.05) is 0 Å². The van der Waals surface area contributed by atoms with E-state index in [9.17, 15) is 34.8 Å². The molecule has 1 aliphatic heterocycles. The van der Waals surface area contributed by atoms with Gasteiger partial charge in [-0.3, -0.25) is 9.71 Å². The van der Waals surface area contributed by atoms with E-state index in [4.69, 9.17) is 0 Å². The van der Waals surface area contributed by atoms with Crippen molar-refractivity contribution in [1.82, 2.24) is 0 Å². The highest BCUT2D eigenvalue weighted by atomic mass is 32.2. The van der Waals surface area contributed by atoms with Crippen LogP contribution in [-0.2, 0) is 28.8 Å². The van der Waals surface area contributed by atoms with Gasteiger partial charge in [-0.05, 0) is 54.4 Å². The lowest BCUT2D eigenvalue weighted by molar-refractivity contribution is -0.138. The van der Waals surface area contributed by atoms with Crippen molar-refractivity contribution in [2.24, 2.45) is 4.99 Å². The fourth-order valence-corrected chi connectivity index (χ4v) is 4.71. The largest absolute Gasteiger partial charge is 0.416 e. The Morgan fingerprint density at radius 3 is 2.18 bits per heavy atom. The quantitative estimate of drug-likeness (QED) is 0.454. The molecule has 3 aromatic rings. The van der Waals surface area contributed by atoms with Gasteiger partial charge in [0.1, 0.15) is 0 Å². The summed E-state index contributed by atoms with van der Waals surface area (Å²) in [6, 6.07) is 12.7. The second-order valence-electron chi connectivity index (χ2n) is 7.56. The Bertz CT molecular complexity index is 1380. The molecule has 0 aromatic heterocycles. The molecule has 0 aliphatic carbocycles. The number of hydrogen-bond donors (Lipinski definition) is 1. The van der Waals surface area contributed by atoms with E-state index in [-0.39, 0.29) is 12.2 Å². The molecule has 0 spiro atoms. The number of sulfonamides is 1. The van der Waals surface area contributed by atoms with Crippen LogP contribution in [-0.4, -0.2) is 20.7 Å². The minimum absolute atomic E-state index is 0.0663. The number of nitrogens with one attached hydrogen (secondary N) is 1. The first kappa shape index (κ1) is 23.8. The van der Waals surface area contributed by atoms with E-state index in [0.29, 0.717) is 34.9 Å². The van der Waals surface area contributed by atoms with Crippen LogP contribution in [0.4, 0.5) is 32.0 Å². The number of halogens is 6. The summed E-state index contributed by atoms with van der Waals surface area (Å²) < 4.78 is 106. The number of hydrogen-bond acceptors (Lipinski definition) is 3. The normalized spacial score (nSPS) is 14.4. The molecule has 4 nitrogen and oxygen atoms in total. The number of fused-ring (bicyclic) bond motifs is 1. The Balaban J connectivity index is 1.65. The van der Waals surface area contributed by atoms with Crippen LogP contribution < -0.4 is 4.72 Å². The standard InChI is InChI=1S/C23H16F6N2O2S/c24-22(25,26)16-4-2-6-19(13-16)34(32,33)31-18-5-1-3-15(12-18)21-20-8-7-17(23(27,28)29)11-14(20)9-10-30-21/h1-8,11-13,31H,9-10H2. The average molecular weight is 498 g/mol. The minimum Gasteiger partial charge on any atom is -0.284 e. The maximum Gasteiger partial charge on any atom is 0.416 e. The van der Waals surface area contributed by atoms with Crippen molar-refractivity contribution < 1.29 is 34.8 Å². The number of aliphatic imine (C=N–C) groups is 1. The van der Waals surface area contributed by atoms with Crippen LogP contribution in [0.2, 0.25) is 0 Å². The molecule has 1 aliphatic rings. The highest BCUT2D eigenvalue weighted by Crippen LogP contribution is 2.33. The molecule has 11 heteroatoms. The fraction of sp³-hybridized carbons (Fsp3) is 0.174. The van der Waals surface area contributed by atoms with Gasteiger partial charge in [-0.15, -0.1) is 0 Å². The number of benzene rings is 3. The molecule has 178 valence electrons. The van der Waals surface area contributed by atoms with Gasteiger partial charge in [0.15, 0.2) is 0 Å². The number of rotatable bonds is 4. The third-order valence-electron chi connectivity index (χ3n) is 5.20. The summed E-state index contributed by atoms with van der Waals surface area (Å²) in [5, 5.41) is 0. The van der Waals surface area contributed by atoms with E-state index in [1.165, 1.54) is 24.3 Å². The maximum atomic E-state index is 13.1. The van der Waals surface area contributed by atoms with Crippen LogP contribution in [0.15, 0.2) is 76.6 Å². The van der Waals surface area contributed by atoms with Crippen LogP contribution in [0.25, 0.3) is 0 Å². The molecular formula is C23H16F6N2O2S. The Labute approximate surface area is 191 Å². The van der Waals surface area contributed by atoms with Crippen LogP contribution in [0.5, 0.6) is 0 Å². The molecule has 4 rings (SSSR count). The van der Waals surface area contributed by atoms with Gasteiger partial charge >= 0.3 is 12.4 Å². The summed E-state index contributed by atoms with van der Waals surface area (Å²) in [6.45, 7) is 0.254. The van der Waals surface area contributed by atoms with Crippen molar-refractivity contribution in [3.05, 3.63) is 94.5 Å². The van der Waals surface area contributed by atoms with Crippen LogP contribution in [0, 0.1) is 0 Å². The first-order valence-electron chi connectivity index (χ1n) is 9.90. The van der Waals surface area contributed by atoms with E-state index < -0.39 is 38.4 Å². The lowest BCUT2D eigenvalue weighted by atomic mass is 9.91. The summed E-state index contributed by atoms with van der Waals surface area (Å²) >= 11 is 0. The van der Waals surface area contributed by atoms with E-state index in [1.54, 1.807) is 6.07 Å². The van der Waals surface area contributed by atoms with Gasteiger partial charge in [-0.25, -0.2) is 8.42 Å². The molecule has 1 N–H and O–H groups in total. The van der Waals surface area contributed by atoms with Gasteiger partial charge in [-0.2, -0.15) is 26.3 Å². The first-order chi connectivity index (χ1) is 15.8. The number of alkyl halides is 6. The lowest BCUT2D eigenvalue weighted by Crippen LogP contribution is -2.17. The van der Waals surface area contributed by atoms with Gasteiger partial charge in [0, 0.05) is 23.4 Å². The zero-order chi connectivity index (χ0) is 24.7. The Morgan fingerprint density at radius 1 is 0.794 bits per heavy atom. The molecule has 0 saturated heterocycles. The molecular weight excluding hydrogens is 482 g/mol. The molecule has 34 heavy (non-hydrogen) atoms. The van der Waals surface area contributed by atoms with Gasteiger partial charge < -0.3 is 0 Å². The summed E-state index contributed by atoms with van der Waals surface area (Å²) in [5.74, 6) is 0. The Hall–Kier alpha value is -3.34. The summed E-state index contributed by atoms with van der Waals surface area (Å²) in [6.07, 6.45) is -8.86. The fourth-order valence-electron chi connectivity index (χ4n) is 3.61. The molecule has 0 atom stereocenters. The molecule has 0 bridgehead atoms. The van der Waals surface area contributed by atoms with Crippen molar-refractivity contribution >= 4 is 21.4 Å². The summed E-state index contributed by atoms with van der Waals surface area (Å²) in [4.78, 5) is 3.84. The summed E-state index contributed by atoms with van der Waals surface area (Å²) in [5.41, 5.74) is 0.00853. The number of anilines is 1. The molecule has 0 amide bonds. The smallest absolute Gasteiger partial charge is 0.284 e. The van der Waals surface area contributed by atoms with Crippen molar-refractivity contribution in [1.29, 1.82) is 0 Å². The van der Waals surface area contributed by atoms with E-state index >= 15 is 0 Å². The maximum absolute atomic E-state index is 13.1. The first-order valence-corrected chi connectivity index (χ1v) is 11.4. The van der Waals surface area contributed by atoms with Gasteiger partial charge in [0.2, 0.25) is 0 Å². The Kier molecular flexibility index (Phi) is 5.92. The number of nitrogens with zero attached hydrogens (tertiary/aromatic N) is 1. The third-order valence-corrected chi connectivity index (χ3v) is 6.58. The monoisotopic (exact) mass is 498 g/mol. The van der Waals surface area contributed by atoms with Crippen LogP contribution >= 0.6 is 0 Å². The van der Waals surface area contributed by atoms with Gasteiger partial charge in [-0.1, -0.05) is 24.3 Å². The predicted octanol–water partition coefficient (Wildman–Crippen LogP) is 5.92. The van der Waals surface area contributed by atoms with Crippen molar-refractivity contribution in [3.8, 4) is 0 Å². The molecule has 0 unspecified atom stereocenters. The molecule has 0 saturated carbocycles. The van der Waals surface area contributed by atoms with E-state index in [2.05, 4.69) is 9.71 Å². The molecule has 0 fully saturated rings. The molecule has 3 aromatic carbocycles. The van der Waals surface area contributed by atoms with Crippen molar-refractivity contribution in [2.45, 2.75) is 23.7 Å². The van der Waals surface area contributed by atoms with Gasteiger partial charge in [0.25, 0.3) is 10.0 Å². The SMILES string of the molecule is O=S(=O)(Nc1cccc(C2=NCCc3cc(C(F)(F)F)ccc32)c1)c1cccc(C(F)(F)F)c1. The topological polar surface area (TPSA) is 58.5 Å². The zero-order valence-electron chi connectivity index (χ0n) is 17.2. The van der Waals surface area contributed by atoms with Crippen LogP contribution in [0.3, 0.4) is 0 Å². The summed E-state index contributed by atoms with van der Waals surface area (Å²) in [7, 11) is -4.34. The second-order valence-corrected chi connectivity index (χ2v) is 9.24. The highest BCUT2D eigenvalue weighted by molar-refractivity contribution is 7.92. The minimum atomic E-state index is -4.70. The second kappa shape index (κ2) is 8.46. The predicted molar refractivity (Wildman–Crippen MR) is 114 cm³/mol. The van der Waals surface area contributed by atoms with Crippen LogP contribution in [0.1, 0.15) is 27.8 Å². The highest BCUT2D eigenvalue weighted by Gasteiger charge is 2.33. The third kappa shape index (κ3) is 4.93. The average Bonchev–Trinajstić information content (AvgIpc) is 2.77. The van der Waals surface area contributed by atoms with Gasteiger partial charge in [0.05, 0.1) is 21.7 Å². The lowest BCUT2D eigenvalue weighted by Gasteiger charge is -2.19. The van der Waals surface area contributed by atoms with Crippen molar-refractivity contribution in [3.63, 3.8) is 0 Å². The molecule has 0 radical (unpaired) electrons.